The Hall–Kier alpha value is -0.610. The molecule has 1 aliphatic heterocycles. The summed E-state index contributed by atoms with van der Waals surface area (Å²) in [6, 6.07) is 0.226. The van der Waals surface area contributed by atoms with Crippen LogP contribution in [0.3, 0.4) is 0 Å². The fraction of sp³-hybridized carbons (Fsp3) is 0.923. The minimum Gasteiger partial charge on any atom is -0.343 e. The Bertz CT molecular complexity index is 259. The van der Waals surface area contributed by atoms with Crippen LogP contribution in [0, 0.1) is 5.92 Å². The molecule has 4 nitrogen and oxygen atoms in total. The molecule has 1 atom stereocenters. The number of carbonyl (C=O) groups is 1. The van der Waals surface area contributed by atoms with E-state index in [1.165, 1.54) is 12.8 Å². The van der Waals surface area contributed by atoms with E-state index in [-0.39, 0.29) is 6.04 Å². The molecular formula is C13H25N3O. The van der Waals surface area contributed by atoms with Crippen molar-refractivity contribution >= 4 is 5.91 Å². The molecule has 17 heavy (non-hydrogen) atoms. The van der Waals surface area contributed by atoms with Gasteiger partial charge in [0.15, 0.2) is 0 Å². The fourth-order valence-corrected chi connectivity index (χ4v) is 2.57. The van der Waals surface area contributed by atoms with Gasteiger partial charge in [-0.25, -0.2) is 0 Å². The summed E-state index contributed by atoms with van der Waals surface area (Å²) in [5.74, 6) is 1.15. The van der Waals surface area contributed by atoms with Crippen molar-refractivity contribution in [2.75, 3.05) is 33.2 Å². The van der Waals surface area contributed by atoms with Crippen LogP contribution in [0.15, 0.2) is 0 Å². The van der Waals surface area contributed by atoms with Gasteiger partial charge in [-0.2, -0.15) is 0 Å². The largest absolute Gasteiger partial charge is 0.343 e. The Labute approximate surface area is 104 Å². The predicted molar refractivity (Wildman–Crippen MR) is 68.6 cm³/mol. The Morgan fingerprint density at radius 1 is 1.41 bits per heavy atom. The average Bonchev–Trinajstić information content (AvgIpc) is 2.97. The summed E-state index contributed by atoms with van der Waals surface area (Å²) in [6.45, 7) is 3.59. The second-order valence-electron chi connectivity index (χ2n) is 5.56. The lowest BCUT2D eigenvalue weighted by Crippen LogP contribution is -2.43. The van der Waals surface area contributed by atoms with E-state index in [0.717, 1.165) is 38.4 Å². The van der Waals surface area contributed by atoms with Crippen LogP contribution in [0.5, 0.6) is 0 Å². The average molecular weight is 239 g/mol. The van der Waals surface area contributed by atoms with Crippen molar-refractivity contribution in [3.63, 3.8) is 0 Å². The van der Waals surface area contributed by atoms with Crippen molar-refractivity contribution in [1.29, 1.82) is 0 Å². The highest BCUT2D eigenvalue weighted by Gasteiger charge is 2.28. The Balaban J connectivity index is 1.78. The number of likely N-dealkylation sites (N-methyl/N-ethyl adjacent to an activating group) is 1. The topological polar surface area (TPSA) is 49.6 Å². The molecule has 1 saturated heterocycles. The van der Waals surface area contributed by atoms with E-state index in [9.17, 15) is 4.79 Å². The molecule has 2 aliphatic rings. The van der Waals surface area contributed by atoms with Crippen molar-refractivity contribution < 1.29 is 4.79 Å². The van der Waals surface area contributed by atoms with Crippen molar-refractivity contribution in [2.24, 2.45) is 11.7 Å². The summed E-state index contributed by atoms with van der Waals surface area (Å²) in [6.07, 6.45) is 5.62. The minimum absolute atomic E-state index is 0.226. The first-order chi connectivity index (χ1) is 8.20. The molecular weight excluding hydrogens is 214 g/mol. The van der Waals surface area contributed by atoms with Crippen molar-refractivity contribution in [3.05, 3.63) is 0 Å². The molecule has 2 N–H and O–H groups in total. The van der Waals surface area contributed by atoms with Gasteiger partial charge in [0.2, 0.25) is 5.91 Å². The number of carbonyl (C=O) groups excluding carboxylic acids is 1. The van der Waals surface area contributed by atoms with Gasteiger partial charge in [0.25, 0.3) is 0 Å². The molecule has 1 heterocycles. The van der Waals surface area contributed by atoms with Gasteiger partial charge < -0.3 is 15.5 Å². The molecule has 98 valence electrons. The summed E-state index contributed by atoms with van der Waals surface area (Å²) in [7, 11) is 2.10. The normalized spacial score (nSPS) is 22.2. The molecule has 0 radical (unpaired) electrons. The number of likely N-dealkylation sites (tertiary alicyclic amines) is 1. The fourth-order valence-electron chi connectivity index (χ4n) is 2.57. The molecule has 0 aromatic rings. The highest BCUT2D eigenvalue weighted by Crippen LogP contribution is 2.30. The molecule has 0 aromatic carbocycles. The van der Waals surface area contributed by atoms with Gasteiger partial charge in [0.05, 0.1) is 0 Å². The minimum atomic E-state index is 0.226. The highest BCUT2D eigenvalue weighted by molar-refractivity contribution is 5.77. The number of rotatable bonds is 6. The first-order valence-corrected chi connectivity index (χ1v) is 6.88. The van der Waals surface area contributed by atoms with Gasteiger partial charge in [0, 0.05) is 38.6 Å². The number of nitrogens with zero attached hydrogens (tertiary/aromatic N) is 2. The van der Waals surface area contributed by atoms with Crippen LogP contribution >= 0.6 is 0 Å². The molecule has 1 unspecified atom stereocenters. The zero-order valence-corrected chi connectivity index (χ0v) is 10.9. The van der Waals surface area contributed by atoms with Crippen LogP contribution in [-0.2, 0) is 4.79 Å². The van der Waals surface area contributed by atoms with Gasteiger partial charge >= 0.3 is 0 Å². The smallest absolute Gasteiger partial charge is 0.224 e. The molecule has 2 rings (SSSR count). The third-order valence-electron chi connectivity index (χ3n) is 4.01. The Kier molecular flexibility index (Phi) is 4.40. The van der Waals surface area contributed by atoms with Crippen molar-refractivity contribution in [3.8, 4) is 0 Å². The summed E-state index contributed by atoms with van der Waals surface area (Å²) < 4.78 is 0. The van der Waals surface area contributed by atoms with Gasteiger partial charge in [-0.05, 0) is 38.6 Å². The lowest BCUT2D eigenvalue weighted by atomic mass is 10.1. The predicted octanol–water partition coefficient (Wildman–Crippen LogP) is 0.668. The second-order valence-corrected chi connectivity index (χ2v) is 5.56. The Morgan fingerprint density at radius 2 is 2.06 bits per heavy atom. The first-order valence-electron chi connectivity index (χ1n) is 6.88. The van der Waals surface area contributed by atoms with Crippen LogP contribution in [0.1, 0.15) is 32.1 Å². The molecule has 0 spiro atoms. The maximum absolute atomic E-state index is 12.1. The van der Waals surface area contributed by atoms with Crippen LogP contribution in [0.4, 0.5) is 0 Å². The molecule has 1 aliphatic carbocycles. The van der Waals surface area contributed by atoms with E-state index in [2.05, 4.69) is 11.9 Å². The zero-order valence-electron chi connectivity index (χ0n) is 10.9. The number of nitrogens with two attached hydrogens (primary N) is 1. The molecule has 0 bridgehead atoms. The van der Waals surface area contributed by atoms with Crippen molar-refractivity contribution in [2.45, 2.75) is 38.1 Å². The SMILES string of the molecule is CN(CC1CC1)C(CN)CC(=O)N1CCCC1. The van der Waals surface area contributed by atoms with Gasteiger partial charge in [-0.1, -0.05) is 0 Å². The van der Waals surface area contributed by atoms with Crippen LogP contribution < -0.4 is 5.73 Å². The zero-order chi connectivity index (χ0) is 12.3. The molecule has 1 saturated carbocycles. The lowest BCUT2D eigenvalue weighted by molar-refractivity contribution is -0.131. The van der Waals surface area contributed by atoms with Gasteiger partial charge in [-0.15, -0.1) is 0 Å². The quantitative estimate of drug-likeness (QED) is 0.741. The number of amides is 1. The van der Waals surface area contributed by atoms with E-state index >= 15 is 0 Å². The molecule has 1 amide bonds. The molecule has 0 aromatic heterocycles. The number of hydrogen-bond donors (Lipinski definition) is 1. The van der Waals surface area contributed by atoms with Gasteiger partial charge in [0.1, 0.15) is 0 Å². The maximum atomic E-state index is 12.1. The molecule has 4 heteroatoms. The van der Waals surface area contributed by atoms with Crippen LogP contribution in [0.2, 0.25) is 0 Å². The third kappa shape index (κ3) is 3.68. The maximum Gasteiger partial charge on any atom is 0.224 e. The second kappa shape index (κ2) is 5.83. The van der Waals surface area contributed by atoms with E-state index in [1.54, 1.807) is 0 Å². The van der Waals surface area contributed by atoms with Crippen LogP contribution in [-0.4, -0.2) is 55.0 Å². The van der Waals surface area contributed by atoms with E-state index in [1.807, 2.05) is 4.90 Å². The monoisotopic (exact) mass is 239 g/mol. The van der Waals surface area contributed by atoms with Gasteiger partial charge in [-0.3, -0.25) is 4.79 Å². The summed E-state index contributed by atoms with van der Waals surface area (Å²) >= 11 is 0. The number of hydrogen-bond acceptors (Lipinski definition) is 3. The Morgan fingerprint density at radius 3 is 2.59 bits per heavy atom. The third-order valence-corrected chi connectivity index (χ3v) is 4.01. The first kappa shape index (κ1) is 12.8. The lowest BCUT2D eigenvalue weighted by Gasteiger charge is -2.28. The van der Waals surface area contributed by atoms with E-state index in [4.69, 9.17) is 5.73 Å². The standard InChI is InChI=1S/C13H25N3O/c1-15(10-11-4-5-11)12(9-14)8-13(17)16-6-2-3-7-16/h11-12H,2-10,14H2,1H3. The van der Waals surface area contributed by atoms with Crippen LogP contribution in [0.25, 0.3) is 0 Å². The summed E-state index contributed by atoms with van der Waals surface area (Å²) in [5.41, 5.74) is 5.80. The summed E-state index contributed by atoms with van der Waals surface area (Å²) in [4.78, 5) is 16.3. The summed E-state index contributed by atoms with van der Waals surface area (Å²) in [5, 5.41) is 0. The molecule has 2 fully saturated rings. The van der Waals surface area contributed by atoms with Crippen molar-refractivity contribution in [1.82, 2.24) is 9.80 Å². The van der Waals surface area contributed by atoms with E-state index in [0.29, 0.717) is 18.9 Å². The highest BCUT2D eigenvalue weighted by atomic mass is 16.2. The van der Waals surface area contributed by atoms with E-state index < -0.39 is 0 Å².